The van der Waals surface area contributed by atoms with Gasteiger partial charge in [-0.1, -0.05) is 26.2 Å². The van der Waals surface area contributed by atoms with Crippen LogP contribution in [0.1, 0.15) is 45.4 Å². The average molecular weight is 200 g/mol. The van der Waals surface area contributed by atoms with Gasteiger partial charge in [-0.15, -0.1) is 0 Å². The van der Waals surface area contributed by atoms with Crippen molar-refractivity contribution in [2.24, 2.45) is 5.92 Å². The highest BCUT2D eigenvalue weighted by molar-refractivity contribution is 4.89. The van der Waals surface area contributed by atoms with Crippen LogP contribution in [-0.4, -0.2) is 26.4 Å². The Morgan fingerprint density at radius 3 is 2.57 bits per heavy atom. The van der Waals surface area contributed by atoms with Gasteiger partial charge in [0.25, 0.3) is 0 Å². The Morgan fingerprint density at radius 2 is 2.07 bits per heavy atom. The molecule has 2 heteroatoms. The fraction of sp³-hybridized carbons (Fsp3) is 1.00. The van der Waals surface area contributed by atoms with Gasteiger partial charge < -0.3 is 9.47 Å². The molecule has 3 unspecified atom stereocenters. The molecule has 3 atom stereocenters. The lowest BCUT2D eigenvalue weighted by Gasteiger charge is -2.14. The van der Waals surface area contributed by atoms with Crippen molar-refractivity contribution in [3.05, 3.63) is 0 Å². The van der Waals surface area contributed by atoms with Crippen LogP contribution in [0.4, 0.5) is 0 Å². The number of rotatable bonds is 8. The first-order chi connectivity index (χ1) is 6.81. The summed E-state index contributed by atoms with van der Waals surface area (Å²) in [5.74, 6) is 0.770. The van der Waals surface area contributed by atoms with Gasteiger partial charge in [0, 0.05) is 14.2 Å². The second-order valence-corrected chi connectivity index (χ2v) is 4.36. The van der Waals surface area contributed by atoms with E-state index in [2.05, 4.69) is 6.92 Å². The lowest BCUT2D eigenvalue weighted by Crippen LogP contribution is -2.12. The van der Waals surface area contributed by atoms with Gasteiger partial charge in [0.05, 0.1) is 12.2 Å². The van der Waals surface area contributed by atoms with Crippen LogP contribution < -0.4 is 0 Å². The zero-order valence-electron chi connectivity index (χ0n) is 9.79. The van der Waals surface area contributed by atoms with Crippen LogP contribution >= 0.6 is 0 Å². The molecule has 0 bridgehead atoms. The van der Waals surface area contributed by atoms with Gasteiger partial charge in [0.1, 0.15) is 0 Å². The zero-order chi connectivity index (χ0) is 10.4. The number of hydrogen-bond donors (Lipinski definition) is 0. The Labute approximate surface area is 88.0 Å². The molecule has 0 saturated heterocycles. The normalized spacial score (nSPS) is 27.6. The Morgan fingerprint density at radius 1 is 1.29 bits per heavy atom. The largest absolute Gasteiger partial charge is 0.381 e. The summed E-state index contributed by atoms with van der Waals surface area (Å²) in [6.07, 6.45) is 8.57. The summed E-state index contributed by atoms with van der Waals surface area (Å²) < 4.78 is 10.8. The number of ether oxygens (including phenoxy) is 2. The fourth-order valence-corrected chi connectivity index (χ4v) is 2.05. The molecule has 1 fully saturated rings. The molecule has 1 saturated carbocycles. The van der Waals surface area contributed by atoms with Crippen LogP contribution in [0.25, 0.3) is 0 Å². The molecule has 1 aliphatic carbocycles. The van der Waals surface area contributed by atoms with Gasteiger partial charge in [-0.05, 0) is 25.2 Å². The van der Waals surface area contributed by atoms with Gasteiger partial charge in [0.15, 0.2) is 0 Å². The van der Waals surface area contributed by atoms with Crippen LogP contribution in [0.3, 0.4) is 0 Å². The molecule has 0 spiro atoms. The third-order valence-electron chi connectivity index (χ3n) is 3.19. The van der Waals surface area contributed by atoms with E-state index in [9.17, 15) is 0 Å². The van der Waals surface area contributed by atoms with Gasteiger partial charge in [-0.25, -0.2) is 0 Å². The molecule has 0 aromatic rings. The van der Waals surface area contributed by atoms with Gasteiger partial charge >= 0.3 is 0 Å². The van der Waals surface area contributed by atoms with Crippen LogP contribution in [-0.2, 0) is 9.47 Å². The molecule has 2 nitrogen and oxygen atoms in total. The second kappa shape index (κ2) is 6.41. The van der Waals surface area contributed by atoms with Crippen molar-refractivity contribution in [1.82, 2.24) is 0 Å². The van der Waals surface area contributed by atoms with Crippen molar-refractivity contribution in [3.8, 4) is 0 Å². The molecule has 0 aromatic carbocycles. The summed E-state index contributed by atoms with van der Waals surface area (Å²) in [7, 11) is 3.64. The molecule has 0 radical (unpaired) electrons. The lowest BCUT2D eigenvalue weighted by atomic mass is 10.1. The van der Waals surface area contributed by atoms with Gasteiger partial charge in [0.2, 0.25) is 0 Å². The Bertz CT molecular complexity index is 147. The van der Waals surface area contributed by atoms with E-state index in [4.69, 9.17) is 9.47 Å². The summed E-state index contributed by atoms with van der Waals surface area (Å²) >= 11 is 0. The minimum absolute atomic E-state index is 0.465. The standard InChI is InChI=1S/C12H24O2/c1-4-5-6-7-11(13-2)8-10-9-12(10)14-3/h10-12H,4-9H2,1-3H3. The summed E-state index contributed by atoms with van der Waals surface area (Å²) in [6, 6.07) is 0. The Kier molecular flexibility index (Phi) is 5.49. The van der Waals surface area contributed by atoms with E-state index >= 15 is 0 Å². The van der Waals surface area contributed by atoms with E-state index in [0.29, 0.717) is 12.2 Å². The Balaban J connectivity index is 2.06. The lowest BCUT2D eigenvalue weighted by molar-refractivity contribution is 0.0723. The highest BCUT2D eigenvalue weighted by atomic mass is 16.5. The number of methoxy groups -OCH3 is 2. The third kappa shape index (κ3) is 3.97. The molecule has 14 heavy (non-hydrogen) atoms. The summed E-state index contributed by atoms with van der Waals surface area (Å²) in [6.45, 7) is 2.24. The van der Waals surface area contributed by atoms with Crippen molar-refractivity contribution in [1.29, 1.82) is 0 Å². The molecule has 0 heterocycles. The summed E-state index contributed by atoms with van der Waals surface area (Å²) in [4.78, 5) is 0. The first kappa shape index (κ1) is 12.0. The van der Waals surface area contributed by atoms with Crippen LogP contribution in [0, 0.1) is 5.92 Å². The van der Waals surface area contributed by atoms with Gasteiger partial charge in [-0.2, -0.15) is 0 Å². The van der Waals surface area contributed by atoms with Crippen molar-refractivity contribution >= 4 is 0 Å². The van der Waals surface area contributed by atoms with E-state index in [-0.39, 0.29) is 0 Å². The van der Waals surface area contributed by atoms with E-state index in [1.54, 1.807) is 0 Å². The Hall–Kier alpha value is -0.0800. The predicted octanol–water partition coefficient (Wildman–Crippen LogP) is 3.01. The average Bonchev–Trinajstić information content (AvgIpc) is 2.95. The van der Waals surface area contributed by atoms with E-state index < -0.39 is 0 Å². The monoisotopic (exact) mass is 200 g/mol. The van der Waals surface area contributed by atoms with Crippen LogP contribution in [0.5, 0.6) is 0 Å². The third-order valence-corrected chi connectivity index (χ3v) is 3.19. The summed E-state index contributed by atoms with van der Waals surface area (Å²) in [5, 5.41) is 0. The molecule has 0 aromatic heterocycles. The predicted molar refractivity (Wildman–Crippen MR) is 58.5 cm³/mol. The highest BCUT2D eigenvalue weighted by Crippen LogP contribution is 2.38. The maximum Gasteiger partial charge on any atom is 0.0605 e. The minimum Gasteiger partial charge on any atom is -0.381 e. The van der Waals surface area contributed by atoms with Crippen molar-refractivity contribution in [3.63, 3.8) is 0 Å². The number of hydrogen-bond acceptors (Lipinski definition) is 2. The summed E-state index contributed by atoms with van der Waals surface area (Å²) in [5.41, 5.74) is 0. The zero-order valence-corrected chi connectivity index (χ0v) is 9.79. The number of unbranched alkanes of at least 4 members (excludes halogenated alkanes) is 2. The molecule has 1 aliphatic rings. The molecule has 0 aliphatic heterocycles. The molecule has 0 amide bonds. The van der Waals surface area contributed by atoms with Gasteiger partial charge in [-0.3, -0.25) is 0 Å². The van der Waals surface area contributed by atoms with E-state index in [1.165, 1.54) is 38.5 Å². The highest BCUT2D eigenvalue weighted by Gasteiger charge is 2.38. The maximum atomic E-state index is 5.48. The van der Waals surface area contributed by atoms with Crippen LogP contribution in [0.2, 0.25) is 0 Å². The fourth-order valence-electron chi connectivity index (χ4n) is 2.05. The second-order valence-electron chi connectivity index (χ2n) is 4.36. The van der Waals surface area contributed by atoms with E-state index in [1.807, 2.05) is 14.2 Å². The van der Waals surface area contributed by atoms with Crippen molar-refractivity contribution in [2.75, 3.05) is 14.2 Å². The van der Waals surface area contributed by atoms with Crippen molar-refractivity contribution < 1.29 is 9.47 Å². The van der Waals surface area contributed by atoms with E-state index in [0.717, 1.165) is 5.92 Å². The van der Waals surface area contributed by atoms with Crippen molar-refractivity contribution in [2.45, 2.75) is 57.7 Å². The quantitative estimate of drug-likeness (QED) is 0.561. The topological polar surface area (TPSA) is 18.5 Å². The van der Waals surface area contributed by atoms with Crippen LogP contribution in [0.15, 0.2) is 0 Å². The first-order valence-corrected chi connectivity index (χ1v) is 5.87. The smallest absolute Gasteiger partial charge is 0.0605 e. The molecule has 0 N–H and O–H groups in total. The molecule has 84 valence electrons. The molecular weight excluding hydrogens is 176 g/mol. The first-order valence-electron chi connectivity index (χ1n) is 5.87. The minimum atomic E-state index is 0.465. The SMILES string of the molecule is CCCCCC(CC1CC1OC)OC. The molecular formula is C12H24O2. The maximum absolute atomic E-state index is 5.48. The molecule has 1 rings (SSSR count).